The van der Waals surface area contributed by atoms with Crippen molar-refractivity contribution in [3.05, 3.63) is 0 Å². The van der Waals surface area contributed by atoms with Crippen LogP contribution in [-0.4, -0.2) is 35.7 Å². The van der Waals surface area contributed by atoms with Gasteiger partial charge in [0.05, 0.1) is 0 Å². The summed E-state index contributed by atoms with van der Waals surface area (Å²) in [5.41, 5.74) is -2.83. The van der Waals surface area contributed by atoms with E-state index >= 15 is 0 Å². The number of oxime groups is 2. The third-order valence-corrected chi connectivity index (χ3v) is 3.18. The van der Waals surface area contributed by atoms with E-state index in [1.165, 1.54) is 0 Å². The average Bonchev–Trinajstić information content (AvgIpc) is 2.39. The third kappa shape index (κ3) is 1.45. The highest BCUT2D eigenvalue weighted by molar-refractivity contribution is 6.01. The van der Waals surface area contributed by atoms with E-state index in [2.05, 4.69) is 20.9 Å². The molecule has 3 rings (SSSR count). The van der Waals surface area contributed by atoms with Crippen molar-refractivity contribution in [3.63, 3.8) is 0 Å². The van der Waals surface area contributed by atoms with E-state index in [1.807, 2.05) is 0 Å². The zero-order valence-corrected chi connectivity index (χ0v) is 9.51. The number of nitrogens with zero attached hydrogens (tertiary/aromatic N) is 2. The van der Waals surface area contributed by atoms with Crippen molar-refractivity contribution >= 4 is 24.2 Å². The second kappa shape index (κ2) is 3.69. The van der Waals surface area contributed by atoms with Crippen LogP contribution in [0.4, 0.5) is 0 Å². The minimum atomic E-state index is -1.42. The van der Waals surface area contributed by atoms with Crippen LogP contribution < -0.4 is 10.6 Å². The predicted molar refractivity (Wildman–Crippen MR) is 59.4 cm³/mol. The fourth-order valence-electron chi connectivity index (χ4n) is 2.15. The highest BCUT2D eigenvalue weighted by atomic mass is 16.7. The third-order valence-electron chi connectivity index (χ3n) is 3.18. The molecule has 3 aliphatic heterocycles. The van der Waals surface area contributed by atoms with Crippen LogP contribution in [0.5, 0.6) is 0 Å². The first kappa shape index (κ1) is 11.0. The Morgan fingerprint density at radius 3 is 1.72 bits per heavy atom. The molecule has 0 radical (unpaired) electrons. The number of carbonyl (C=O) groups excluding carboxylic acids is 2. The first-order chi connectivity index (χ1) is 8.67. The molecule has 0 bridgehead atoms. The number of carbonyl (C=O) groups is 2. The van der Waals surface area contributed by atoms with E-state index in [1.54, 1.807) is 12.4 Å². The van der Waals surface area contributed by atoms with Crippen LogP contribution in [0.3, 0.4) is 0 Å². The molecular weight excluding hydrogens is 240 g/mol. The molecule has 2 atom stereocenters. The molecule has 1 fully saturated rings. The van der Waals surface area contributed by atoms with Gasteiger partial charge < -0.3 is 20.3 Å². The van der Waals surface area contributed by atoms with Crippen LogP contribution in [0.1, 0.15) is 25.7 Å². The van der Waals surface area contributed by atoms with E-state index in [4.69, 9.17) is 9.68 Å². The number of piperazine rings is 1. The molecule has 2 N–H and O–H groups in total. The lowest BCUT2D eigenvalue weighted by Gasteiger charge is -2.43. The molecule has 0 saturated carbocycles. The van der Waals surface area contributed by atoms with Crippen molar-refractivity contribution in [2.24, 2.45) is 10.3 Å². The van der Waals surface area contributed by atoms with Gasteiger partial charge in [-0.25, -0.2) is 0 Å². The van der Waals surface area contributed by atoms with Gasteiger partial charge in [-0.2, -0.15) is 0 Å². The quantitative estimate of drug-likeness (QED) is 0.590. The lowest BCUT2D eigenvalue weighted by atomic mass is 9.96. The molecule has 2 spiro atoms. The van der Waals surface area contributed by atoms with Gasteiger partial charge in [0.15, 0.2) is 0 Å². The summed E-state index contributed by atoms with van der Waals surface area (Å²) in [5, 5.41) is 12.3. The monoisotopic (exact) mass is 252 g/mol. The van der Waals surface area contributed by atoms with Crippen molar-refractivity contribution in [3.8, 4) is 0 Å². The Morgan fingerprint density at radius 2 is 1.39 bits per heavy atom. The van der Waals surface area contributed by atoms with Crippen molar-refractivity contribution in [1.82, 2.24) is 10.6 Å². The van der Waals surface area contributed by atoms with Crippen molar-refractivity contribution in [2.75, 3.05) is 0 Å². The molecule has 2 unspecified atom stereocenters. The first-order valence-electron chi connectivity index (χ1n) is 5.72. The molecule has 3 heterocycles. The fraction of sp³-hybridized carbons (Fsp3) is 0.600. The Kier molecular flexibility index (Phi) is 2.25. The molecule has 1 saturated heterocycles. The van der Waals surface area contributed by atoms with Gasteiger partial charge in [-0.1, -0.05) is 10.3 Å². The molecule has 8 heteroatoms. The van der Waals surface area contributed by atoms with E-state index in [0.717, 1.165) is 0 Å². The van der Waals surface area contributed by atoms with Crippen LogP contribution in [0.15, 0.2) is 10.3 Å². The molecule has 0 aromatic heterocycles. The smallest absolute Gasteiger partial charge is 0.291 e. The van der Waals surface area contributed by atoms with E-state index in [9.17, 15) is 9.59 Å². The van der Waals surface area contributed by atoms with Gasteiger partial charge in [-0.05, 0) is 12.8 Å². The average molecular weight is 252 g/mol. The Balaban J connectivity index is 1.87. The molecular formula is C10H12N4O4. The maximum absolute atomic E-state index is 12.1. The zero-order chi connectivity index (χ0) is 12.6. The number of rotatable bonds is 0. The summed E-state index contributed by atoms with van der Waals surface area (Å²) in [4.78, 5) is 34.4. The summed E-state index contributed by atoms with van der Waals surface area (Å²) in [6.07, 6.45) is 4.90. The Labute approximate surface area is 102 Å². The predicted octanol–water partition coefficient (Wildman–Crippen LogP) is -0.783. The Hall–Kier alpha value is -2.12. The largest absolute Gasteiger partial charge is 0.357 e. The molecule has 3 aliphatic rings. The van der Waals surface area contributed by atoms with Gasteiger partial charge in [-0.15, -0.1) is 0 Å². The number of hydrogen-bond acceptors (Lipinski definition) is 6. The van der Waals surface area contributed by atoms with Crippen molar-refractivity contribution < 1.29 is 19.3 Å². The van der Waals surface area contributed by atoms with Gasteiger partial charge in [0, 0.05) is 25.3 Å². The van der Waals surface area contributed by atoms with E-state index < -0.39 is 23.3 Å². The maximum Gasteiger partial charge on any atom is 0.291 e. The summed E-state index contributed by atoms with van der Waals surface area (Å²) < 4.78 is 0. The van der Waals surface area contributed by atoms with Gasteiger partial charge in [-0.3, -0.25) is 9.59 Å². The SMILES string of the molecule is O=C1NC2(CCC=NO2)C(=O)NC12CCC=NO2. The Bertz CT molecular complexity index is 421. The molecule has 0 aromatic carbocycles. The van der Waals surface area contributed by atoms with Gasteiger partial charge >= 0.3 is 0 Å². The van der Waals surface area contributed by atoms with Crippen molar-refractivity contribution in [2.45, 2.75) is 37.1 Å². The standard InChI is InChI=1S/C10H12N4O4/c15-7-9(3-1-5-11-17-9)13-8(16)10(14-7)4-2-6-12-18-10/h5-6H,1-4H2,(H,13,16)(H,14,15). The van der Waals surface area contributed by atoms with Crippen LogP contribution in [0.2, 0.25) is 0 Å². The molecule has 18 heavy (non-hydrogen) atoms. The lowest BCUT2D eigenvalue weighted by Crippen LogP contribution is -2.76. The van der Waals surface area contributed by atoms with Crippen LogP contribution in [-0.2, 0) is 19.3 Å². The summed E-state index contributed by atoms with van der Waals surface area (Å²) in [6.45, 7) is 0. The topological polar surface area (TPSA) is 101 Å². The Morgan fingerprint density at radius 1 is 0.944 bits per heavy atom. The molecule has 0 aromatic rings. The second-order valence-electron chi connectivity index (χ2n) is 4.40. The number of amides is 2. The van der Waals surface area contributed by atoms with Crippen LogP contribution in [0, 0.1) is 0 Å². The van der Waals surface area contributed by atoms with E-state index in [-0.39, 0.29) is 0 Å². The molecule has 2 amide bonds. The second-order valence-corrected chi connectivity index (χ2v) is 4.40. The van der Waals surface area contributed by atoms with Crippen molar-refractivity contribution in [1.29, 1.82) is 0 Å². The normalized spacial score (nSPS) is 38.0. The molecule has 96 valence electrons. The van der Waals surface area contributed by atoms with Gasteiger partial charge in [0.2, 0.25) is 0 Å². The zero-order valence-electron chi connectivity index (χ0n) is 9.51. The highest BCUT2D eigenvalue weighted by Crippen LogP contribution is 2.29. The molecule has 0 aliphatic carbocycles. The first-order valence-corrected chi connectivity index (χ1v) is 5.72. The highest BCUT2D eigenvalue weighted by Gasteiger charge is 2.58. The number of hydrogen-bond donors (Lipinski definition) is 2. The minimum absolute atomic E-state index is 0.341. The maximum atomic E-state index is 12.1. The molecule has 8 nitrogen and oxygen atoms in total. The summed E-state index contributed by atoms with van der Waals surface area (Å²) in [7, 11) is 0. The van der Waals surface area contributed by atoms with Gasteiger partial charge in [0.25, 0.3) is 23.3 Å². The van der Waals surface area contributed by atoms with E-state index in [0.29, 0.717) is 25.7 Å². The minimum Gasteiger partial charge on any atom is -0.357 e. The van der Waals surface area contributed by atoms with Crippen LogP contribution >= 0.6 is 0 Å². The fourth-order valence-corrected chi connectivity index (χ4v) is 2.15. The summed E-state index contributed by atoms with van der Waals surface area (Å²) in [5.74, 6) is -0.924. The van der Waals surface area contributed by atoms with Gasteiger partial charge in [0.1, 0.15) is 0 Å². The summed E-state index contributed by atoms with van der Waals surface area (Å²) >= 11 is 0. The van der Waals surface area contributed by atoms with Crippen LogP contribution in [0.25, 0.3) is 0 Å². The lowest BCUT2D eigenvalue weighted by molar-refractivity contribution is -0.195. The number of nitrogens with one attached hydrogen (secondary N) is 2. The summed E-state index contributed by atoms with van der Waals surface area (Å²) in [6, 6.07) is 0.